The maximum atomic E-state index is 9.21. The molecule has 0 spiro atoms. The average molecular weight is 171 g/mol. The maximum Gasteiger partial charge on any atom is 0.0938 e. The minimum absolute atomic E-state index is 0.547. The second-order valence-corrected chi connectivity index (χ2v) is 3.33. The third-order valence-corrected chi connectivity index (χ3v) is 2.22. The monoisotopic (exact) mass is 171 g/mol. The molecule has 2 atom stereocenters. The number of likely N-dealkylation sites (tertiary alicyclic amines) is 1. The number of hydrogen-bond acceptors (Lipinski definition) is 3. The summed E-state index contributed by atoms with van der Waals surface area (Å²) in [5, 5.41) is 18.4. The van der Waals surface area contributed by atoms with E-state index >= 15 is 0 Å². The van der Waals surface area contributed by atoms with Crippen LogP contribution in [0.2, 0.25) is 0 Å². The van der Waals surface area contributed by atoms with Crippen molar-refractivity contribution in [1.29, 1.82) is 0 Å². The van der Waals surface area contributed by atoms with Crippen LogP contribution in [-0.2, 0) is 0 Å². The zero-order valence-electron chi connectivity index (χ0n) is 7.32. The van der Waals surface area contributed by atoms with Gasteiger partial charge in [-0.05, 0) is 19.4 Å². The molecule has 0 radical (unpaired) electrons. The number of β-amino-alcohol motifs (C(OH)–C–C–N with tert-alkyl or cyclic N) is 2. The van der Waals surface area contributed by atoms with Crippen LogP contribution < -0.4 is 0 Å². The molecular weight excluding hydrogens is 154 g/mol. The van der Waals surface area contributed by atoms with E-state index in [1.54, 1.807) is 0 Å². The smallest absolute Gasteiger partial charge is 0.0938 e. The molecule has 0 aromatic rings. The van der Waals surface area contributed by atoms with E-state index in [2.05, 4.69) is 11.5 Å². The van der Waals surface area contributed by atoms with Crippen LogP contribution >= 0.6 is 0 Å². The van der Waals surface area contributed by atoms with Gasteiger partial charge in [0.25, 0.3) is 0 Å². The first-order valence-electron chi connectivity index (χ1n) is 4.43. The molecule has 12 heavy (non-hydrogen) atoms. The first-order valence-corrected chi connectivity index (χ1v) is 4.43. The van der Waals surface area contributed by atoms with Gasteiger partial charge in [-0.15, -0.1) is 6.58 Å². The number of nitrogens with zero attached hydrogens (tertiary/aromatic N) is 1. The van der Waals surface area contributed by atoms with Gasteiger partial charge in [0.05, 0.1) is 12.2 Å². The molecule has 1 heterocycles. The number of unbranched alkanes of at least 4 members (excludes halogenated alkanes) is 1. The third kappa shape index (κ3) is 2.59. The lowest BCUT2D eigenvalue weighted by molar-refractivity contribution is 0.0572. The Kier molecular flexibility index (Phi) is 3.72. The van der Waals surface area contributed by atoms with Gasteiger partial charge in [0.15, 0.2) is 0 Å². The lowest BCUT2D eigenvalue weighted by atomic mass is 10.3. The molecule has 0 aromatic carbocycles. The van der Waals surface area contributed by atoms with Gasteiger partial charge in [0.2, 0.25) is 0 Å². The van der Waals surface area contributed by atoms with Crippen molar-refractivity contribution in [3.05, 3.63) is 12.7 Å². The van der Waals surface area contributed by atoms with Crippen LogP contribution in [0.5, 0.6) is 0 Å². The summed E-state index contributed by atoms with van der Waals surface area (Å²) < 4.78 is 0. The van der Waals surface area contributed by atoms with E-state index in [0.29, 0.717) is 13.1 Å². The molecule has 1 saturated heterocycles. The quantitative estimate of drug-likeness (QED) is 0.462. The normalized spacial score (nSPS) is 30.8. The molecule has 1 fully saturated rings. The Morgan fingerprint density at radius 3 is 2.42 bits per heavy atom. The molecule has 70 valence electrons. The second-order valence-electron chi connectivity index (χ2n) is 3.33. The van der Waals surface area contributed by atoms with Crippen molar-refractivity contribution < 1.29 is 10.2 Å². The van der Waals surface area contributed by atoms with Gasteiger partial charge in [0, 0.05) is 13.1 Å². The molecule has 3 nitrogen and oxygen atoms in total. The second kappa shape index (κ2) is 4.60. The summed E-state index contributed by atoms with van der Waals surface area (Å²) in [6.07, 6.45) is 2.86. The van der Waals surface area contributed by atoms with E-state index < -0.39 is 12.2 Å². The fourth-order valence-electron chi connectivity index (χ4n) is 1.49. The van der Waals surface area contributed by atoms with Crippen LogP contribution in [0, 0.1) is 0 Å². The van der Waals surface area contributed by atoms with E-state index in [0.717, 1.165) is 19.4 Å². The summed E-state index contributed by atoms with van der Waals surface area (Å²) in [7, 11) is 0. The summed E-state index contributed by atoms with van der Waals surface area (Å²) in [5.41, 5.74) is 0. The first kappa shape index (κ1) is 9.71. The molecule has 0 aliphatic carbocycles. The molecule has 1 aliphatic rings. The fraction of sp³-hybridized carbons (Fsp3) is 0.778. The van der Waals surface area contributed by atoms with Crippen molar-refractivity contribution in [2.75, 3.05) is 19.6 Å². The molecule has 0 aromatic heterocycles. The lowest BCUT2D eigenvalue weighted by Gasteiger charge is -2.12. The van der Waals surface area contributed by atoms with Crippen LogP contribution in [0.25, 0.3) is 0 Å². The standard InChI is InChI=1S/C9H17NO2/c1-2-3-4-5-10-6-8(11)9(12)7-10/h2,8-9,11-12H,1,3-7H2. The molecule has 0 saturated carbocycles. The summed E-state index contributed by atoms with van der Waals surface area (Å²) >= 11 is 0. The van der Waals surface area contributed by atoms with E-state index in [-0.39, 0.29) is 0 Å². The number of aliphatic hydroxyl groups is 2. The number of allylic oxidation sites excluding steroid dienone is 1. The summed E-state index contributed by atoms with van der Waals surface area (Å²) in [6, 6.07) is 0. The van der Waals surface area contributed by atoms with Gasteiger partial charge >= 0.3 is 0 Å². The van der Waals surface area contributed by atoms with Crippen molar-refractivity contribution in [2.45, 2.75) is 25.0 Å². The highest BCUT2D eigenvalue weighted by atomic mass is 16.3. The van der Waals surface area contributed by atoms with Gasteiger partial charge in [0.1, 0.15) is 0 Å². The van der Waals surface area contributed by atoms with Crippen molar-refractivity contribution in [1.82, 2.24) is 4.90 Å². The highest BCUT2D eigenvalue weighted by Crippen LogP contribution is 2.10. The molecule has 2 N–H and O–H groups in total. The SMILES string of the molecule is C=CCCCN1CC(O)C(O)C1. The van der Waals surface area contributed by atoms with E-state index in [4.69, 9.17) is 0 Å². The predicted molar refractivity (Wildman–Crippen MR) is 47.9 cm³/mol. The van der Waals surface area contributed by atoms with E-state index in [1.165, 1.54) is 0 Å². The molecule has 1 rings (SSSR count). The van der Waals surface area contributed by atoms with E-state index in [1.807, 2.05) is 6.08 Å². The zero-order chi connectivity index (χ0) is 8.97. The molecule has 0 amide bonds. The highest BCUT2D eigenvalue weighted by molar-refractivity contribution is 4.83. The largest absolute Gasteiger partial charge is 0.389 e. The number of rotatable bonds is 4. The topological polar surface area (TPSA) is 43.7 Å². The molecular formula is C9H17NO2. The third-order valence-electron chi connectivity index (χ3n) is 2.22. The van der Waals surface area contributed by atoms with Gasteiger partial charge in [-0.2, -0.15) is 0 Å². The minimum atomic E-state index is -0.547. The molecule has 0 bridgehead atoms. The Balaban J connectivity index is 2.14. The fourth-order valence-corrected chi connectivity index (χ4v) is 1.49. The van der Waals surface area contributed by atoms with Gasteiger partial charge in [-0.25, -0.2) is 0 Å². The predicted octanol–water partition coefficient (Wildman–Crippen LogP) is -0.01000. The van der Waals surface area contributed by atoms with Crippen LogP contribution in [0.15, 0.2) is 12.7 Å². The Bertz CT molecular complexity index is 139. The van der Waals surface area contributed by atoms with E-state index in [9.17, 15) is 10.2 Å². The Morgan fingerprint density at radius 2 is 1.92 bits per heavy atom. The lowest BCUT2D eigenvalue weighted by Crippen LogP contribution is -2.22. The maximum absolute atomic E-state index is 9.21. The van der Waals surface area contributed by atoms with Crippen LogP contribution in [0.3, 0.4) is 0 Å². The van der Waals surface area contributed by atoms with Crippen LogP contribution in [0.1, 0.15) is 12.8 Å². The zero-order valence-corrected chi connectivity index (χ0v) is 7.32. The van der Waals surface area contributed by atoms with Crippen LogP contribution in [0.4, 0.5) is 0 Å². The first-order chi connectivity index (χ1) is 5.74. The summed E-state index contributed by atoms with van der Waals surface area (Å²) in [4.78, 5) is 2.08. The van der Waals surface area contributed by atoms with Gasteiger partial charge < -0.3 is 10.2 Å². The van der Waals surface area contributed by atoms with Gasteiger partial charge in [-0.1, -0.05) is 6.08 Å². The Hall–Kier alpha value is -0.380. The summed E-state index contributed by atoms with van der Waals surface area (Å²) in [6.45, 7) is 5.80. The van der Waals surface area contributed by atoms with Crippen molar-refractivity contribution in [3.63, 3.8) is 0 Å². The molecule has 2 unspecified atom stereocenters. The Morgan fingerprint density at radius 1 is 1.33 bits per heavy atom. The number of aliphatic hydroxyl groups excluding tert-OH is 2. The van der Waals surface area contributed by atoms with Gasteiger partial charge in [-0.3, -0.25) is 4.90 Å². The molecule has 3 heteroatoms. The summed E-state index contributed by atoms with van der Waals surface area (Å²) in [5.74, 6) is 0. The number of hydrogen-bond donors (Lipinski definition) is 2. The van der Waals surface area contributed by atoms with Crippen LogP contribution in [-0.4, -0.2) is 47.0 Å². The minimum Gasteiger partial charge on any atom is -0.389 e. The highest BCUT2D eigenvalue weighted by Gasteiger charge is 2.28. The Labute approximate surface area is 73.3 Å². The molecule has 1 aliphatic heterocycles. The van der Waals surface area contributed by atoms with Crippen molar-refractivity contribution >= 4 is 0 Å². The van der Waals surface area contributed by atoms with Crippen molar-refractivity contribution in [3.8, 4) is 0 Å². The van der Waals surface area contributed by atoms with Crippen molar-refractivity contribution in [2.24, 2.45) is 0 Å². The average Bonchev–Trinajstić information content (AvgIpc) is 2.32.